The molecule has 2 heteroatoms. The zero-order valence-electron chi connectivity index (χ0n) is 11.2. The summed E-state index contributed by atoms with van der Waals surface area (Å²) < 4.78 is 0.770. The van der Waals surface area contributed by atoms with Crippen molar-refractivity contribution < 1.29 is 4.79 Å². The molecule has 4 bridgehead atoms. The second-order valence-electron chi connectivity index (χ2n) is 6.60. The molecular weight excluding hydrogens is 347 g/mol. The maximum absolute atomic E-state index is 10.0. The molecule has 5 rings (SSSR count). The molecule has 4 fully saturated rings. The lowest BCUT2D eigenvalue weighted by Gasteiger charge is -2.54. The zero-order valence-corrected chi connectivity index (χ0v) is 13.4. The minimum Gasteiger partial charge on any atom is -0.298 e. The number of aldehydes is 1. The van der Waals surface area contributed by atoms with E-state index in [1.807, 2.05) is 18.2 Å². The van der Waals surface area contributed by atoms with E-state index in [-0.39, 0.29) is 0 Å². The third-order valence-corrected chi connectivity index (χ3v) is 6.22. The maximum atomic E-state index is 10.0. The summed E-state index contributed by atoms with van der Waals surface area (Å²) in [6.07, 6.45) is 10.3. The van der Waals surface area contributed by atoms with Crippen molar-refractivity contribution in [3.63, 3.8) is 0 Å². The Labute approximate surface area is 129 Å². The minimum atomic E-state index is 0.729. The third-order valence-electron chi connectivity index (χ3n) is 4.90. The summed E-state index contributed by atoms with van der Waals surface area (Å²) in [5.41, 5.74) is 0.729. The number of benzene rings is 1. The first-order valence-electron chi connectivity index (χ1n) is 7.36. The topological polar surface area (TPSA) is 17.1 Å². The normalized spacial score (nSPS) is 38.5. The standard InChI is InChI=1S/C10H15I.C7H6O/c11-10-4-7-1-8(5-10)3-9(2-7)6-10;8-6-7-4-2-1-3-5-7/h7-9H,1-6H2;1-6H. The lowest BCUT2D eigenvalue weighted by atomic mass is 9.56. The van der Waals surface area contributed by atoms with E-state index in [0.717, 1.165) is 33.0 Å². The molecule has 0 radical (unpaired) electrons. The number of hydrogen-bond acceptors (Lipinski definition) is 1. The number of carbonyl (C=O) groups is 1. The second kappa shape index (κ2) is 5.55. The van der Waals surface area contributed by atoms with Gasteiger partial charge in [0.05, 0.1) is 0 Å². The lowest BCUT2D eigenvalue weighted by Crippen LogP contribution is -2.46. The van der Waals surface area contributed by atoms with Gasteiger partial charge >= 0.3 is 0 Å². The molecule has 0 aliphatic heterocycles. The van der Waals surface area contributed by atoms with Crippen LogP contribution in [0.3, 0.4) is 0 Å². The van der Waals surface area contributed by atoms with E-state index in [4.69, 9.17) is 0 Å². The van der Waals surface area contributed by atoms with E-state index in [9.17, 15) is 4.79 Å². The van der Waals surface area contributed by atoms with Crippen LogP contribution in [0.15, 0.2) is 30.3 Å². The minimum absolute atomic E-state index is 0.729. The van der Waals surface area contributed by atoms with Crippen molar-refractivity contribution >= 4 is 28.9 Å². The third kappa shape index (κ3) is 3.21. The monoisotopic (exact) mass is 368 g/mol. The Morgan fingerprint density at radius 3 is 1.74 bits per heavy atom. The van der Waals surface area contributed by atoms with Gasteiger partial charge in [0.2, 0.25) is 0 Å². The number of halogens is 1. The molecule has 4 aliphatic carbocycles. The lowest BCUT2D eigenvalue weighted by molar-refractivity contribution is 0.0456. The van der Waals surface area contributed by atoms with Crippen molar-refractivity contribution in [2.45, 2.75) is 41.9 Å². The average molecular weight is 368 g/mol. The fourth-order valence-electron chi connectivity index (χ4n) is 4.54. The Bertz CT molecular complexity index is 405. The second-order valence-corrected chi connectivity index (χ2v) is 8.89. The predicted octanol–water partition coefficient (Wildman–Crippen LogP) is 4.89. The number of hydrogen-bond donors (Lipinski definition) is 0. The van der Waals surface area contributed by atoms with Crippen LogP contribution in [0.4, 0.5) is 0 Å². The Kier molecular flexibility index (Phi) is 3.97. The van der Waals surface area contributed by atoms with Crippen LogP contribution in [0.1, 0.15) is 48.9 Å². The van der Waals surface area contributed by atoms with E-state index < -0.39 is 0 Å². The molecule has 1 nitrogen and oxygen atoms in total. The highest BCUT2D eigenvalue weighted by atomic mass is 127. The molecule has 0 saturated heterocycles. The first-order valence-corrected chi connectivity index (χ1v) is 8.44. The van der Waals surface area contributed by atoms with Crippen LogP contribution >= 0.6 is 22.6 Å². The molecule has 0 heterocycles. The van der Waals surface area contributed by atoms with Gasteiger partial charge in [0.15, 0.2) is 0 Å². The van der Waals surface area contributed by atoms with Gasteiger partial charge in [-0.15, -0.1) is 0 Å². The predicted molar refractivity (Wildman–Crippen MR) is 86.8 cm³/mol. The Balaban J connectivity index is 0.000000123. The van der Waals surface area contributed by atoms with E-state index >= 15 is 0 Å². The van der Waals surface area contributed by atoms with Crippen LogP contribution in [0.25, 0.3) is 0 Å². The van der Waals surface area contributed by atoms with Crippen LogP contribution in [0.5, 0.6) is 0 Å². The molecule has 19 heavy (non-hydrogen) atoms. The van der Waals surface area contributed by atoms with Crippen LogP contribution in [0.2, 0.25) is 0 Å². The SMILES string of the molecule is IC12CC3CC(CC(C3)C1)C2.O=Cc1ccccc1. The van der Waals surface area contributed by atoms with E-state index in [0.29, 0.717) is 0 Å². The first kappa shape index (κ1) is 13.6. The summed E-state index contributed by atoms with van der Waals surface area (Å²) in [7, 11) is 0. The molecule has 4 saturated carbocycles. The molecule has 0 N–H and O–H groups in total. The van der Waals surface area contributed by atoms with Crippen LogP contribution in [-0.4, -0.2) is 9.71 Å². The molecule has 1 aromatic carbocycles. The van der Waals surface area contributed by atoms with Crippen molar-refractivity contribution in [2.75, 3.05) is 0 Å². The highest BCUT2D eigenvalue weighted by molar-refractivity contribution is 14.1. The quantitative estimate of drug-likeness (QED) is 0.392. The Morgan fingerprint density at radius 2 is 1.42 bits per heavy atom. The number of alkyl halides is 1. The molecule has 0 spiro atoms. The van der Waals surface area contributed by atoms with Gasteiger partial charge in [-0.1, -0.05) is 52.9 Å². The van der Waals surface area contributed by atoms with E-state index in [2.05, 4.69) is 22.6 Å². The summed E-state index contributed by atoms with van der Waals surface area (Å²) in [6.45, 7) is 0. The van der Waals surface area contributed by atoms with Gasteiger partial charge in [0.1, 0.15) is 6.29 Å². The fourth-order valence-corrected chi connectivity index (χ4v) is 6.41. The summed E-state index contributed by atoms with van der Waals surface area (Å²) in [5.74, 6) is 3.41. The highest BCUT2D eigenvalue weighted by Crippen LogP contribution is 2.59. The molecular formula is C17H21IO. The molecule has 0 amide bonds. The molecule has 0 unspecified atom stereocenters. The summed E-state index contributed by atoms with van der Waals surface area (Å²) in [4.78, 5) is 10.0. The van der Waals surface area contributed by atoms with Crippen molar-refractivity contribution in [1.82, 2.24) is 0 Å². The molecule has 1 aromatic rings. The van der Waals surface area contributed by atoms with Crippen molar-refractivity contribution in [1.29, 1.82) is 0 Å². The Morgan fingerprint density at radius 1 is 0.947 bits per heavy atom. The van der Waals surface area contributed by atoms with Gasteiger partial charge in [0.25, 0.3) is 0 Å². The summed E-state index contributed by atoms with van der Waals surface area (Å²) in [6, 6.07) is 9.10. The first-order chi connectivity index (χ1) is 9.17. The molecule has 4 aliphatic rings. The molecule has 0 aromatic heterocycles. The van der Waals surface area contributed by atoms with Gasteiger partial charge in [-0.25, -0.2) is 0 Å². The smallest absolute Gasteiger partial charge is 0.150 e. The maximum Gasteiger partial charge on any atom is 0.150 e. The van der Waals surface area contributed by atoms with E-state index in [1.54, 1.807) is 50.7 Å². The average Bonchev–Trinajstić information content (AvgIpc) is 2.37. The molecule has 102 valence electrons. The van der Waals surface area contributed by atoms with Crippen molar-refractivity contribution in [2.24, 2.45) is 17.8 Å². The zero-order chi connectivity index (χ0) is 13.3. The van der Waals surface area contributed by atoms with Gasteiger partial charge < -0.3 is 0 Å². The van der Waals surface area contributed by atoms with Gasteiger partial charge in [-0.05, 0) is 56.3 Å². The van der Waals surface area contributed by atoms with Gasteiger partial charge in [0, 0.05) is 8.99 Å². The Hall–Kier alpha value is -0.380. The molecule has 0 atom stereocenters. The highest BCUT2D eigenvalue weighted by Gasteiger charge is 2.49. The largest absolute Gasteiger partial charge is 0.298 e. The van der Waals surface area contributed by atoms with Crippen LogP contribution in [0, 0.1) is 17.8 Å². The summed E-state index contributed by atoms with van der Waals surface area (Å²) in [5, 5.41) is 0. The fraction of sp³-hybridized carbons (Fsp3) is 0.588. The van der Waals surface area contributed by atoms with Gasteiger partial charge in [-0.3, -0.25) is 4.79 Å². The van der Waals surface area contributed by atoms with Crippen LogP contribution in [-0.2, 0) is 0 Å². The number of carbonyl (C=O) groups excluding carboxylic acids is 1. The van der Waals surface area contributed by atoms with Crippen molar-refractivity contribution in [3.8, 4) is 0 Å². The summed E-state index contributed by atoms with van der Waals surface area (Å²) >= 11 is 2.77. The van der Waals surface area contributed by atoms with Crippen LogP contribution < -0.4 is 0 Å². The van der Waals surface area contributed by atoms with Crippen molar-refractivity contribution in [3.05, 3.63) is 35.9 Å². The van der Waals surface area contributed by atoms with Gasteiger partial charge in [-0.2, -0.15) is 0 Å². The number of rotatable bonds is 1. The van der Waals surface area contributed by atoms with E-state index in [1.165, 1.54) is 0 Å².